The monoisotopic (exact) mass is 327 g/mol. The van der Waals surface area contributed by atoms with Gasteiger partial charge in [-0.3, -0.25) is 4.18 Å². The summed E-state index contributed by atoms with van der Waals surface area (Å²) in [7, 11) is -3.92. The van der Waals surface area contributed by atoms with Gasteiger partial charge in [-0.15, -0.1) is 0 Å². The van der Waals surface area contributed by atoms with Crippen molar-refractivity contribution in [3.63, 3.8) is 0 Å². The van der Waals surface area contributed by atoms with Crippen LogP contribution in [0.15, 0.2) is 30.3 Å². The second-order valence-electron chi connectivity index (χ2n) is 5.83. The topological polar surface area (TPSA) is 87.9 Å². The highest BCUT2D eigenvalue weighted by molar-refractivity contribution is 7.84. The van der Waals surface area contributed by atoms with E-state index >= 15 is 0 Å². The van der Waals surface area contributed by atoms with E-state index in [1.807, 2.05) is 30.3 Å². The maximum atomic E-state index is 10.9. The van der Waals surface area contributed by atoms with Gasteiger partial charge in [0, 0.05) is 19.3 Å². The Labute approximate surface area is 130 Å². The van der Waals surface area contributed by atoms with E-state index in [9.17, 15) is 8.42 Å². The van der Waals surface area contributed by atoms with Crippen molar-refractivity contribution >= 4 is 10.3 Å². The number of hydrogen-bond donors (Lipinski definition) is 1. The Hall–Kier alpha value is -0.990. The summed E-state index contributed by atoms with van der Waals surface area (Å²) in [5, 5.41) is 4.86. The Morgan fingerprint density at radius 1 is 1.18 bits per heavy atom. The first-order valence-electron chi connectivity index (χ1n) is 7.55. The molecule has 22 heavy (non-hydrogen) atoms. The van der Waals surface area contributed by atoms with Gasteiger partial charge >= 0.3 is 10.3 Å². The Balaban J connectivity index is 1.72. The lowest BCUT2D eigenvalue weighted by atomic mass is 10.0. The standard InChI is InChI=1S/C15H21NO5S/c16-22(17,18)19-11-8-13-14(12-6-2-1-3-7-12)21-15(20-13)9-4-5-10-15/h1-3,6-7,13-14H,4-5,8-11H2,(H2,16,17,18). The molecule has 1 spiro atoms. The van der Waals surface area contributed by atoms with Crippen LogP contribution in [0, 0.1) is 0 Å². The molecule has 0 aromatic heterocycles. The maximum absolute atomic E-state index is 10.9. The van der Waals surface area contributed by atoms with Crippen LogP contribution >= 0.6 is 0 Å². The van der Waals surface area contributed by atoms with E-state index in [2.05, 4.69) is 4.18 Å². The smallest absolute Gasteiger partial charge is 0.333 e. The van der Waals surface area contributed by atoms with Crippen LogP contribution in [-0.4, -0.2) is 26.9 Å². The minimum atomic E-state index is -3.92. The summed E-state index contributed by atoms with van der Waals surface area (Å²) in [4.78, 5) is 0. The van der Waals surface area contributed by atoms with E-state index in [0.29, 0.717) is 6.42 Å². The molecule has 3 rings (SSSR count). The molecule has 1 aliphatic heterocycles. The van der Waals surface area contributed by atoms with Gasteiger partial charge in [-0.05, 0) is 18.4 Å². The van der Waals surface area contributed by atoms with E-state index in [-0.39, 0.29) is 18.8 Å². The minimum absolute atomic E-state index is 0.00767. The van der Waals surface area contributed by atoms with Crippen LogP contribution < -0.4 is 5.14 Å². The molecule has 1 aliphatic carbocycles. The first-order chi connectivity index (χ1) is 10.5. The van der Waals surface area contributed by atoms with Crippen LogP contribution in [0.4, 0.5) is 0 Å². The van der Waals surface area contributed by atoms with Crippen LogP contribution in [-0.2, 0) is 24.0 Å². The second-order valence-corrected chi connectivity index (χ2v) is 7.05. The van der Waals surface area contributed by atoms with Gasteiger partial charge in [0.2, 0.25) is 0 Å². The summed E-state index contributed by atoms with van der Waals surface area (Å²) in [6, 6.07) is 9.85. The van der Waals surface area contributed by atoms with Crippen molar-refractivity contribution < 1.29 is 22.1 Å². The van der Waals surface area contributed by atoms with Gasteiger partial charge in [-0.2, -0.15) is 8.42 Å². The molecule has 0 amide bonds. The molecule has 1 heterocycles. The zero-order chi connectivity index (χ0) is 15.6. The Kier molecular flexibility index (Phi) is 4.52. The summed E-state index contributed by atoms with van der Waals surface area (Å²) in [6.45, 7) is -0.00767. The normalized spacial score (nSPS) is 27.5. The molecule has 2 N–H and O–H groups in total. The fraction of sp³-hybridized carbons (Fsp3) is 0.600. The maximum Gasteiger partial charge on any atom is 0.333 e. The quantitative estimate of drug-likeness (QED) is 0.894. The van der Waals surface area contributed by atoms with Gasteiger partial charge < -0.3 is 9.47 Å². The summed E-state index contributed by atoms with van der Waals surface area (Å²) >= 11 is 0. The molecule has 1 aromatic rings. The summed E-state index contributed by atoms with van der Waals surface area (Å²) < 4.78 is 38.8. The minimum Gasteiger partial charge on any atom is -0.344 e. The second kappa shape index (κ2) is 6.25. The predicted molar refractivity (Wildman–Crippen MR) is 80.0 cm³/mol. The van der Waals surface area contributed by atoms with Crippen LogP contribution in [0.2, 0.25) is 0 Å². The van der Waals surface area contributed by atoms with Crippen LogP contribution in [0.5, 0.6) is 0 Å². The summed E-state index contributed by atoms with van der Waals surface area (Å²) in [5.41, 5.74) is 1.03. The zero-order valence-electron chi connectivity index (χ0n) is 12.3. The van der Waals surface area contributed by atoms with E-state index < -0.39 is 16.1 Å². The molecular formula is C15H21NO5S. The molecule has 6 nitrogen and oxygen atoms in total. The Morgan fingerprint density at radius 2 is 1.86 bits per heavy atom. The third-order valence-corrected chi connectivity index (χ3v) is 4.68. The van der Waals surface area contributed by atoms with Crippen molar-refractivity contribution in [3.05, 3.63) is 35.9 Å². The molecule has 0 radical (unpaired) electrons. The molecule has 2 fully saturated rings. The molecule has 2 aliphatic rings. The molecule has 1 aromatic carbocycles. The highest BCUT2D eigenvalue weighted by Crippen LogP contribution is 2.47. The van der Waals surface area contributed by atoms with E-state index in [0.717, 1.165) is 31.2 Å². The largest absolute Gasteiger partial charge is 0.344 e. The molecule has 7 heteroatoms. The lowest BCUT2D eigenvalue weighted by Gasteiger charge is -2.22. The number of hydrogen-bond acceptors (Lipinski definition) is 5. The molecular weight excluding hydrogens is 306 g/mol. The molecule has 2 unspecified atom stereocenters. The van der Waals surface area contributed by atoms with Crippen LogP contribution in [0.3, 0.4) is 0 Å². The lowest BCUT2D eigenvalue weighted by Crippen LogP contribution is -2.27. The average Bonchev–Trinajstić information content (AvgIpc) is 3.07. The first-order valence-corrected chi connectivity index (χ1v) is 9.02. The van der Waals surface area contributed by atoms with E-state index in [1.165, 1.54) is 0 Å². The summed E-state index contributed by atoms with van der Waals surface area (Å²) in [6.07, 6.45) is 3.90. The number of nitrogens with two attached hydrogens (primary N) is 1. The van der Waals surface area contributed by atoms with E-state index in [1.54, 1.807) is 0 Å². The SMILES string of the molecule is NS(=O)(=O)OCCC1OC2(CCCC2)OC1c1ccccc1. The van der Waals surface area contributed by atoms with Gasteiger partial charge in [0.05, 0.1) is 12.7 Å². The molecule has 1 saturated heterocycles. The van der Waals surface area contributed by atoms with Gasteiger partial charge in [0.15, 0.2) is 5.79 Å². The molecule has 122 valence electrons. The number of rotatable bonds is 5. The average molecular weight is 327 g/mol. The van der Waals surface area contributed by atoms with Gasteiger partial charge in [-0.1, -0.05) is 30.3 Å². The number of ether oxygens (including phenoxy) is 2. The van der Waals surface area contributed by atoms with E-state index in [4.69, 9.17) is 14.6 Å². The number of benzene rings is 1. The fourth-order valence-corrected chi connectivity index (χ4v) is 3.57. The lowest BCUT2D eigenvalue weighted by molar-refractivity contribution is -0.170. The van der Waals surface area contributed by atoms with Crippen molar-refractivity contribution in [2.75, 3.05) is 6.61 Å². The Morgan fingerprint density at radius 3 is 2.50 bits per heavy atom. The highest BCUT2D eigenvalue weighted by atomic mass is 32.2. The zero-order valence-corrected chi connectivity index (χ0v) is 13.1. The predicted octanol–water partition coefficient (Wildman–Crippen LogP) is 2.02. The van der Waals surface area contributed by atoms with Crippen molar-refractivity contribution in [2.24, 2.45) is 5.14 Å². The van der Waals surface area contributed by atoms with Crippen molar-refractivity contribution in [1.82, 2.24) is 0 Å². The molecule has 2 atom stereocenters. The van der Waals surface area contributed by atoms with Crippen LogP contribution in [0.25, 0.3) is 0 Å². The van der Waals surface area contributed by atoms with Gasteiger partial charge in [-0.25, -0.2) is 5.14 Å². The Bertz CT molecular complexity index is 598. The van der Waals surface area contributed by atoms with Crippen molar-refractivity contribution in [3.8, 4) is 0 Å². The first kappa shape index (κ1) is 15.9. The third kappa shape index (κ3) is 3.67. The van der Waals surface area contributed by atoms with Crippen LogP contribution in [0.1, 0.15) is 43.8 Å². The fourth-order valence-electron chi connectivity index (χ4n) is 3.24. The van der Waals surface area contributed by atoms with Gasteiger partial charge in [0.1, 0.15) is 6.10 Å². The van der Waals surface area contributed by atoms with Gasteiger partial charge in [0.25, 0.3) is 0 Å². The molecule has 0 bridgehead atoms. The highest BCUT2D eigenvalue weighted by Gasteiger charge is 2.49. The van der Waals surface area contributed by atoms with Crippen molar-refractivity contribution in [2.45, 2.75) is 50.1 Å². The van der Waals surface area contributed by atoms with Crippen molar-refractivity contribution in [1.29, 1.82) is 0 Å². The summed E-state index contributed by atoms with van der Waals surface area (Å²) in [5.74, 6) is -0.521. The third-order valence-electron chi connectivity index (χ3n) is 4.19. The molecule has 1 saturated carbocycles.